The highest BCUT2D eigenvalue weighted by molar-refractivity contribution is 7.89. The molecule has 4 N–H and O–H groups in total. The van der Waals surface area contributed by atoms with Crippen molar-refractivity contribution in [3.63, 3.8) is 0 Å². The molecule has 234 valence electrons. The minimum atomic E-state index is -4.91. The van der Waals surface area contributed by atoms with Crippen molar-refractivity contribution in [1.29, 1.82) is 0 Å². The fourth-order valence-corrected chi connectivity index (χ4v) is 7.02. The maximum Gasteiger partial charge on any atom is 0.417 e. The van der Waals surface area contributed by atoms with Gasteiger partial charge in [0.05, 0.1) is 16.2 Å². The molecule has 3 aromatic rings. The fourth-order valence-electron chi connectivity index (χ4n) is 4.54. The first-order chi connectivity index (χ1) is 20.0. The molecule has 3 rings (SSSR count). The molecule has 0 unspecified atom stereocenters. The van der Waals surface area contributed by atoms with E-state index in [0.717, 1.165) is 33.1 Å². The number of amides is 1. The Morgan fingerprint density at radius 3 is 2.42 bits per heavy atom. The van der Waals surface area contributed by atoms with Crippen molar-refractivity contribution in [2.45, 2.75) is 49.8 Å². The zero-order valence-electron chi connectivity index (χ0n) is 23.5. The topological polar surface area (TPSA) is 160 Å². The summed E-state index contributed by atoms with van der Waals surface area (Å²) in [6.45, 7) is 3.25. The van der Waals surface area contributed by atoms with Gasteiger partial charge in [-0.3, -0.25) is 14.3 Å². The van der Waals surface area contributed by atoms with Gasteiger partial charge >= 0.3 is 6.18 Å². The molecule has 0 spiro atoms. The van der Waals surface area contributed by atoms with Gasteiger partial charge < -0.3 is 11.1 Å². The Balaban J connectivity index is 1.89. The number of halogens is 3. The number of unbranched alkanes of at least 4 members (excludes halogenated alkanes) is 1. The fraction of sp³-hybridized carbons (Fsp3) is 0.357. The molecule has 1 heterocycles. The van der Waals surface area contributed by atoms with E-state index in [9.17, 15) is 34.8 Å². The van der Waals surface area contributed by atoms with E-state index >= 15 is 0 Å². The van der Waals surface area contributed by atoms with Crippen molar-refractivity contribution >= 4 is 26.0 Å². The highest BCUT2D eigenvalue weighted by Crippen LogP contribution is 2.38. The SMILES string of the molecule is Cc1cnccc1-c1cccc([C@H](C)N(CCCCNC(=O)[C@@H](N)CS(=O)(=O)O)S(=O)(=O)c2ccccc2C(F)(F)F)c1. The van der Waals surface area contributed by atoms with Crippen molar-refractivity contribution in [3.05, 3.63) is 83.7 Å². The number of aromatic nitrogens is 1. The molecule has 0 aliphatic heterocycles. The average molecular weight is 643 g/mol. The van der Waals surface area contributed by atoms with Crippen LogP contribution in [0.4, 0.5) is 13.2 Å². The predicted molar refractivity (Wildman–Crippen MR) is 155 cm³/mol. The summed E-state index contributed by atoms with van der Waals surface area (Å²) < 4.78 is 101. The number of hydrogen-bond donors (Lipinski definition) is 3. The van der Waals surface area contributed by atoms with Crippen LogP contribution in [0.25, 0.3) is 11.1 Å². The lowest BCUT2D eigenvalue weighted by Gasteiger charge is -2.30. The van der Waals surface area contributed by atoms with Gasteiger partial charge in [-0.15, -0.1) is 0 Å². The summed E-state index contributed by atoms with van der Waals surface area (Å²) in [6, 6.07) is 10.4. The monoisotopic (exact) mass is 642 g/mol. The summed E-state index contributed by atoms with van der Waals surface area (Å²) in [5.74, 6) is -1.81. The van der Waals surface area contributed by atoms with E-state index in [1.807, 2.05) is 19.1 Å². The number of alkyl halides is 3. The molecule has 0 saturated heterocycles. The third-order valence-corrected chi connectivity index (χ3v) is 9.55. The third kappa shape index (κ3) is 9.06. The molecule has 0 radical (unpaired) electrons. The number of benzene rings is 2. The number of nitrogens with one attached hydrogen (secondary N) is 1. The van der Waals surface area contributed by atoms with Crippen LogP contribution in [0.5, 0.6) is 0 Å². The highest BCUT2D eigenvalue weighted by Gasteiger charge is 2.40. The Bertz CT molecular complexity index is 1650. The number of hydrogen-bond acceptors (Lipinski definition) is 7. The first-order valence-corrected chi connectivity index (χ1v) is 16.2. The minimum Gasteiger partial charge on any atom is -0.355 e. The van der Waals surface area contributed by atoms with Crippen LogP contribution < -0.4 is 11.1 Å². The van der Waals surface area contributed by atoms with Crippen molar-refractivity contribution in [3.8, 4) is 11.1 Å². The Kier molecular flexibility index (Phi) is 11.1. The minimum absolute atomic E-state index is 0.0176. The van der Waals surface area contributed by atoms with Gasteiger partial charge in [0.25, 0.3) is 10.1 Å². The largest absolute Gasteiger partial charge is 0.417 e. The van der Waals surface area contributed by atoms with Gasteiger partial charge in [0.1, 0.15) is 6.04 Å². The summed E-state index contributed by atoms with van der Waals surface area (Å²) >= 11 is 0. The van der Waals surface area contributed by atoms with E-state index < -0.39 is 60.5 Å². The van der Waals surface area contributed by atoms with Crippen molar-refractivity contribution in [2.75, 3.05) is 18.8 Å². The number of rotatable bonds is 13. The number of carbonyl (C=O) groups excluding carboxylic acids is 1. The number of nitrogens with two attached hydrogens (primary N) is 1. The molecule has 0 bridgehead atoms. The van der Waals surface area contributed by atoms with Crippen LogP contribution >= 0.6 is 0 Å². The maximum absolute atomic E-state index is 13.9. The van der Waals surface area contributed by atoms with E-state index in [2.05, 4.69) is 10.3 Å². The number of carbonyl (C=O) groups is 1. The van der Waals surface area contributed by atoms with Crippen LogP contribution in [-0.2, 0) is 31.1 Å². The molecule has 2 aromatic carbocycles. The van der Waals surface area contributed by atoms with Crippen LogP contribution in [0.2, 0.25) is 0 Å². The van der Waals surface area contributed by atoms with Gasteiger partial charge in [-0.1, -0.05) is 30.3 Å². The Morgan fingerprint density at radius 1 is 1.07 bits per heavy atom. The van der Waals surface area contributed by atoms with Crippen molar-refractivity contribution < 1.29 is 39.4 Å². The Labute approximate surface area is 248 Å². The van der Waals surface area contributed by atoms with E-state index in [4.69, 9.17) is 10.3 Å². The molecule has 0 saturated carbocycles. The van der Waals surface area contributed by atoms with Gasteiger partial charge in [-0.05, 0) is 73.2 Å². The smallest absolute Gasteiger partial charge is 0.355 e. The van der Waals surface area contributed by atoms with E-state index in [-0.39, 0.29) is 25.9 Å². The molecule has 0 fully saturated rings. The Morgan fingerprint density at radius 2 is 1.77 bits per heavy atom. The number of pyridine rings is 1. The normalized spacial score (nSPS) is 14.0. The lowest BCUT2D eigenvalue weighted by molar-refractivity contribution is -0.140. The van der Waals surface area contributed by atoms with Gasteiger partial charge in [0, 0.05) is 31.5 Å². The summed E-state index contributed by atoms with van der Waals surface area (Å²) in [6.07, 6.45) is -1.28. The highest BCUT2D eigenvalue weighted by atomic mass is 32.2. The molecule has 2 atom stereocenters. The van der Waals surface area contributed by atoms with Gasteiger partial charge in [0.15, 0.2) is 0 Å². The summed E-state index contributed by atoms with van der Waals surface area (Å²) in [5.41, 5.74) is 7.26. The van der Waals surface area contributed by atoms with Crippen LogP contribution in [0.3, 0.4) is 0 Å². The van der Waals surface area contributed by atoms with Gasteiger partial charge in [-0.25, -0.2) is 8.42 Å². The zero-order valence-corrected chi connectivity index (χ0v) is 25.1. The van der Waals surface area contributed by atoms with Crippen molar-refractivity contribution in [2.24, 2.45) is 5.73 Å². The predicted octanol–water partition coefficient (Wildman–Crippen LogP) is 3.94. The second kappa shape index (κ2) is 13.9. The number of nitrogens with zero attached hydrogens (tertiary/aromatic N) is 2. The van der Waals surface area contributed by atoms with E-state index in [0.29, 0.717) is 11.6 Å². The number of sulfonamides is 1. The molecule has 1 aromatic heterocycles. The number of aryl methyl sites for hydroxylation is 1. The molecule has 10 nitrogen and oxygen atoms in total. The molecule has 0 aliphatic rings. The summed E-state index contributed by atoms with van der Waals surface area (Å²) in [7, 11) is -9.16. The average Bonchev–Trinajstić information content (AvgIpc) is 2.93. The van der Waals surface area contributed by atoms with Crippen LogP contribution in [-0.4, -0.2) is 61.5 Å². The molecule has 1 amide bonds. The quantitative estimate of drug-likeness (QED) is 0.187. The van der Waals surface area contributed by atoms with Crippen LogP contribution in [0.15, 0.2) is 71.9 Å². The zero-order chi connectivity index (χ0) is 32.0. The molecular formula is C28H33F3N4O6S2. The summed E-state index contributed by atoms with van der Waals surface area (Å²) in [4.78, 5) is 15.2. The second-order valence-electron chi connectivity index (χ2n) is 9.95. The molecule has 15 heteroatoms. The first-order valence-electron chi connectivity index (χ1n) is 13.2. The summed E-state index contributed by atoms with van der Waals surface area (Å²) in [5, 5.41) is 2.41. The lowest BCUT2D eigenvalue weighted by atomic mass is 9.98. The standard InChI is InChI=1S/C28H33F3N4O6S2/c1-19-17-33-14-12-23(19)22-9-7-8-21(16-22)20(2)35(15-6-5-13-34-27(36)25(32)18-42(37,38)39)43(40,41)26-11-4-3-10-24(26)28(29,30)31/h3-4,7-12,14,16-17,20,25H,5-6,13,15,18,32H2,1-2H3,(H,34,36)(H,37,38,39)/t20-,25-/m0/s1. The van der Waals surface area contributed by atoms with E-state index in [1.54, 1.807) is 37.5 Å². The molecular weight excluding hydrogens is 609 g/mol. The molecule has 0 aliphatic carbocycles. The lowest BCUT2D eigenvalue weighted by Crippen LogP contribution is -2.45. The second-order valence-corrected chi connectivity index (χ2v) is 13.3. The van der Waals surface area contributed by atoms with Crippen LogP contribution in [0, 0.1) is 6.92 Å². The third-order valence-electron chi connectivity index (χ3n) is 6.74. The maximum atomic E-state index is 13.9. The van der Waals surface area contributed by atoms with Crippen LogP contribution in [0.1, 0.15) is 42.5 Å². The first kappa shape index (κ1) is 34.1. The van der Waals surface area contributed by atoms with Gasteiger partial charge in [0.2, 0.25) is 15.9 Å². The van der Waals surface area contributed by atoms with Gasteiger partial charge in [-0.2, -0.15) is 25.9 Å². The Hall–Kier alpha value is -3.37. The molecule has 43 heavy (non-hydrogen) atoms. The van der Waals surface area contributed by atoms with Crippen molar-refractivity contribution in [1.82, 2.24) is 14.6 Å². The van der Waals surface area contributed by atoms with E-state index in [1.165, 1.54) is 6.07 Å².